The van der Waals surface area contributed by atoms with Crippen molar-refractivity contribution in [2.24, 2.45) is 0 Å². The Balaban J connectivity index is 1.90. The highest BCUT2D eigenvalue weighted by molar-refractivity contribution is 8.00. The zero-order valence-corrected chi connectivity index (χ0v) is 16.1. The molecule has 0 saturated heterocycles. The molecule has 1 aliphatic rings. The predicted molar refractivity (Wildman–Crippen MR) is 111 cm³/mol. The van der Waals surface area contributed by atoms with Crippen LogP contribution in [0.2, 0.25) is 0 Å². The molecule has 0 aliphatic carbocycles. The van der Waals surface area contributed by atoms with Gasteiger partial charge in [-0.1, -0.05) is 72.4 Å². The van der Waals surface area contributed by atoms with Gasteiger partial charge in [0.1, 0.15) is 16.8 Å². The van der Waals surface area contributed by atoms with E-state index in [0.717, 1.165) is 11.6 Å². The molecule has 4 nitrogen and oxygen atoms in total. The maximum atomic E-state index is 15.7. The number of rotatable bonds is 3. The van der Waals surface area contributed by atoms with E-state index in [-0.39, 0.29) is 21.5 Å². The summed E-state index contributed by atoms with van der Waals surface area (Å²) in [5.74, 6) is -3.21. The summed E-state index contributed by atoms with van der Waals surface area (Å²) in [6, 6.07) is 18.3. The highest BCUT2D eigenvalue weighted by atomic mass is 32.2. The van der Waals surface area contributed by atoms with Gasteiger partial charge in [0.05, 0.1) is 21.5 Å². The Morgan fingerprint density at radius 3 is 2.27 bits per heavy atom. The van der Waals surface area contributed by atoms with E-state index < -0.39 is 34.0 Å². The Bertz CT molecular complexity index is 1390. The summed E-state index contributed by atoms with van der Waals surface area (Å²) < 4.78 is 32.1. The molecule has 0 fully saturated rings. The lowest BCUT2D eigenvalue weighted by Gasteiger charge is -2.35. The average molecular weight is 421 g/mol. The monoisotopic (exact) mass is 421 g/mol. The van der Waals surface area contributed by atoms with E-state index in [1.165, 1.54) is 16.3 Å². The van der Waals surface area contributed by atoms with Crippen LogP contribution >= 0.6 is 11.8 Å². The van der Waals surface area contributed by atoms with Crippen LogP contribution in [0.1, 0.15) is 21.3 Å². The predicted octanol–water partition coefficient (Wildman–Crippen LogP) is 5.30. The van der Waals surface area contributed by atoms with Crippen molar-refractivity contribution >= 4 is 28.6 Å². The molecule has 4 aromatic rings. The second kappa shape index (κ2) is 6.81. The molecule has 1 unspecified atom stereocenters. The first kappa shape index (κ1) is 18.6. The third-order valence-corrected chi connectivity index (χ3v) is 6.49. The van der Waals surface area contributed by atoms with E-state index in [4.69, 9.17) is 0 Å². The zero-order valence-electron chi connectivity index (χ0n) is 15.3. The van der Waals surface area contributed by atoms with Crippen molar-refractivity contribution in [2.45, 2.75) is 10.4 Å². The van der Waals surface area contributed by atoms with E-state index in [0.29, 0.717) is 5.56 Å². The van der Waals surface area contributed by atoms with Crippen LogP contribution in [0, 0.1) is 11.6 Å². The molecule has 148 valence electrons. The Kier molecular flexibility index (Phi) is 4.22. The van der Waals surface area contributed by atoms with Crippen LogP contribution in [0.5, 0.6) is 0 Å². The minimum Gasteiger partial charge on any atom is -0.477 e. The number of carboxylic acid groups (broad SMARTS) is 1. The lowest BCUT2D eigenvalue weighted by molar-refractivity contribution is 0.0689. The highest BCUT2D eigenvalue weighted by Gasteiger charge is 2.38. The van der Waals surface area contributed by atoms with E-state index in [1.54, 1.807) is 30.3 Å². The van der Waals surface area contributed by atoms with Gasteiger partial charge in [-0.2, -0.15) is 0 Å². The first-order chi connectivity index (χ1) is 14.5. The lowest BCUT2D eigenvalue weighted by Crippen LogP contribution is -2.30. The number of aromatic nitrogens is 1. The molecule has 7 heteroatoms. The number of benzene rings is 3. The van der Waals surface area contributed by atoms with Gasteiger partial charge in [-0.05, 0) is 17.2 Å². The van der Waals surface area contributed by atoms with E-state index in [2.05, 4.69) is 0 Å². The van der Waals surface area contributed by atoms with Gasteiger partial charge in [0.15, 0.2) is 5.82 Å². The van der Waals surface area contributed by atoms with Crippen LogP contribution in [-0.2, 0) is 0 Å². The van der Waals surface area contributed by atoms with E-state index in [9.17, 15) is 19.1 Å². The second-order valence-corrected chi connectivity index (χ2v) is 7.94. The summed E-state index contributed by atoms with van der Waals surface area (Å²) in [5, 5.41) is 9.03. The normalized spacial score (nSPS) is 14.9. The quantitative estimate of drug-likeness (QED) is 0.488. The average Bonchev–Trinajstić information content (AvgIpc) is 2.72. The molecule has 0 bridgehead atoms. The number of aromatic carboxylic acids is 1. The number of fused-ring (bicyclic) bond motifs is 3. The van der Waals surface area contributed by atoms with Gasteiger partial charge in [0.2, 0.25) is 5.43 Å². The third-order valence-electron chi connectivity index (χ3n) is 5.16. The fraction of sp³-hybridized carbons (Fsp3) is 0.0435. The van der Waals surface area contributed by atoms with Gasteiger partial charge in [0, 0.05) is 0 Å². The van der Waals surface area contributed by atoms with Crippen molar-refractivity contribution < 1.29 is 18.7 Å². The van der Waals surface area contributed by atoms with Crippen molar-refractivity contribution in [1.82, 2.24) is 4.57 Å². The summed E-state index contributed by atoms with van der Waals surface area (Å²) in [7, 11) is 0. The van der Waals surface area contributed by atoms with Gasteiger partial charge in [-0.15, -0.1) is 0 Å². The number of hydrogen-bond acceptors (Lipinski definition) is 3. The molecule has 3 aromatic carbocycles. The number of carbonyl (C=O) groups is 1. The summed E-state index contributed by atoms with van der Waals surface area (Å²) >= 11 is 1.17. The number of halogens is 2. The largest absolute Gasteiger partial charge is 0.477 e. The van der Waals surface area contributed by atoms with E-state index in [1.807, 2.05) is 30.3 Å². The Hall–Kier alpha value is -3.45. The van der Waals surface area contributed by atoms with Crippen LogP contribution in [0.25, 0.3) is 22.0 Å². The Morgan fingerprint density at radius 1 is 1.00 bits per heavy atom. The van der Waals surface area contributed by atoms with Crippen LogP contribution in [0.4, 0.5) is 8.78 Å². The molecular formula is C23H13F2NO3S. The van der Waals surface area contributed by atoms with Gasteiger partial charge >= 0.3 is 5.97 Å². The van der Waals surface area contributed by atoms with Crippen molar-refractivity contribution in [2.75, 3.05) is 0 Å². The van der Waals surface area contributed by atoms with Gasteiger partial charge in [-0.3, -0.25) is 4.79 Å². The molecule has 0 amide bonds. The Labute approximate surface area is 173 Å². The highest BCUT2D eigenvalue weighted by Crippen LogP contribution is 2.51. The molecule has 1 aromatic heterocycles. The van der Waals surface area contributed by atoms with Gasteiger partial charge in [-0.25, -0.2) is 13.6 Å². The summed E-state index contributed by atoms with van der Waals surface area (Å²) in [4.78, 5) is 24.6. The smallest absolute Gasteiger partial charge is 0.342 e. The van der Waals surface area contributed by atoms with Crippen LogP contribution in [0.3, 0.4) is 0 Å². The van der Waals surface area contributed by atoms with Crippen molar-refractivity contribution in [1.29, 1.82) is 0 Å². The number of nitrogens with zero attached hydrogens (tertiary/aromatic N) is 1. The summed E-state index contributed by atoms with van der Waals surface area (Å²) in [5.41, 5.74) is -0.536. The molecule has 0 saturated carbocycles. The van der Waals surface area contributed by atoms with Crippen LogP contribution < -0.4 is 5.43 Å². The Morgan fingerprint density at radius 2 is 1.63 bits per heavy atom. The van der Waals surface area contributed by atoms with Crippen LogP contribution in [0.15, 0.2) is 76.6 Å². The minimum atomic E-state index is -1.42. The molecule has 1 N–H and O–H groups in total. The lowest BCUT2D eigenvalue weighted by atomic mass is 10.00. The molecule has 5 rings (SSSR count). The minimum absolute atomic E-state index is 0.0899. The first-order valence-corrected chi connectivity index (χ1v) is 9.97. The molecule has 2 heterocycles. The first-order valence-electron chi connectivity index (χ1n) is 9.09. The summed E-state index contributed by atoms with van der Waals surface area (Å²) in [6.07, 6.45) is 0. The zero-order chi connectivity index (χ0) is 21.0. The molecule has 0 radical (unpaired) electrons. The maximum absolute atomic E-state index is 15.7. The molecular weight excluding hydrogens is 408 g/mol. The van der Waals surface area contributed by atoms with Crippen molar-refractivity contribution in [3.05, 3.63) is 99.7 Å². The summed E-state index contributed by atoms with van der Waals surface area (Å²) in [6.45, 7) is 0. The SMILES string of the molecule is O=C(O)c1c2n(c3c(F)c(-c4ccccc4)c(F)cc3c1=O)C(c1ccccc1)S2. The molecule has 1 atom stereocenters. The van der Waals surface area contributed by atoms with Crippen molar-refractivity contribution in [3.63, 3.8) is 0 Å². The van der Waals surface area contributed by atoms with Crippen LogP contribution in [-0.4, -0.2) is 15.6 Å². The van der Waals surface area contributed by atoms with E-state index >= 15 is 4.39 Å². The number of hydrogen-bond donors (Lipinski definition) is 1. The molecule has 1 aliphatic heterocycles. The van der Waals surface area contributed by atoms with Gasteiger partial charge in [0.25, 0.3) is 0 Å². The molecule has 0 spiro atoms. The third kappa shape index (κ3) is 2.59. The number of carboxylic acids is 1. The number of thioether (sulfide) groups is 1. The fourth-order valence-corrected chi connectivity index (χ4v) is 5.08. The van der Waals surface area contributed by atoms with Gasteiger partial charge < -0.3 is 9.67 Å². The fourth-order valence-electron chi connectivity index (χ4n) is 3.81. The van der Waals surface area contributed by atoms with Crippen molar-refractivity contribution in [3.8, 4) is 11.1 Å². The molecule has 30 heavy (non-hydrogen) atoms. The second-order valence-electron chi connectivity index (χ2n) is 6.87. The topological polar surface area (TPSA) is 59.3 Å². The maximum Gasteiger partial charge on any atom is 0.342 e. The number of pyridine rings is 1. The standard InChI is InChI=1S/C23H13F2NO3S/c24-15-11-14-19(18(25)16(15)12-7-3-1-4-8-12)26-21(13-9-5-2-6-10-13)30-22(26)17(20(14)27)23(28)29/h1-11,21H,(H,28,29).